The van der Waals surface area contributed by atoms with Gasteiger partial charge < -0.3 is 15.3 Å². The van der Waals surface area contributed by atoms with Crippen LogP contribution in [0.3, 0.4) is 0 Å². The lowest BCUT2D eigenvalue weighted by atomic mass is 9.83. The maximum atomic E-state index is 10.5. The van der Waals surface area contributed by atoms with Crippen LogP contribution in [0.4, 0.5) is 0 Å². The lowest BCUT2D eigenvalue weighted by Crippen LogP contribution is -2.32. The summed E-state index contributed by atoms with van der Waals surface area (Å²) in [5.41, 5.74) is 7.69. The molecule has 0 heterocycles. The van der Waals surface area contributed by atoms with Crippen LogP contribution in [-0.4, -0.2) is 34.0 Å². The molecule has 2 aliphatic carbocycles. The Morgan fingerprint density at radius 3 is 2.85 bits per heavy atom. The zero-order valence-electron chi connectivity index (χ0n) is 15.0. The zero-order chi connectivity index (χ0) is 18.8. The number of fused-ring (bicyclic) bond motifs is 1. The standard InChI is InChI=1S/C20H25NO5/c1-11-3-5-14(12(2)7-11)18(22)6-4-13-8-15-16(20(13)25)9-17(15)21-26-10-19(23)24/h3-7,13,16,18,20-22,25H,8-10H2,1-2H3,(H,23,24)/t13?,16-,18?,20?/m1/s1. The fourth-order valence-electron chi connectivity index (χ4n) is 3.82. The molecule has 0 aliphatic heterocycles. The highest BCUT2D eigenvalue weighted by atomic mass is 16.7. The van der Waals surface area contributed by atoms with Gasteiger partial charge in [-0.3, -0.25) is 10.3 Å². The Balaban J connectivity index is 1.61. The molecule has 0 radical (unpaired) electrons. The van der Waals surface area contributed by atoms with E-state index < -0.39 is 24.8 Å². The highest BCUT2D eigenvalue weighted by Crippen LogP contribution is 2.48. The van der Waals surface area contributed by atoms with Crippen molar-refractivity contribution in [1.82, 2.24) is 5.48 Å². The zero-order valence-corrected chi connectivity index (χ0v) is 15.0. The average molecular weight is 359 g/mol. The van der Waals surface area contributed by atoms with Crippen LogP contribution >= 0.6 is 0 Å². The number of carbonyl (C=O) groups is 1. The maximum absolute atomic E-state index is 10.5. The number of aryl methyl sites for hydroxylation is 2. The third-order valence-electron chi connectivity index (χ3n) is 5.24. The Morgan fingerprint density at radius 2 is 2.15 bits per heavy atom. The first-order valence-electron chi connectivity index (χ1n) is 8.80. The Morgan fingerprint density at radius 1 is 1.38 bits per heavy atom. The maximum Gasteiger partial charge on any atom is 0.332 e. The summed E-state index contributed by atoms with van der Waals surface area (Å²) in [5, 5.41) is 29.5. The van der Waals surface area contributed by atoms with Gasteiger partial charge in [-0.2, -0.15) is 0 Å². The van der Waals surface area contributed by atoms with Crippen molar-refractivity contribution in [3.05, 3.63) is 58.3 Å². The number of carboxylic acids is 1. The summed E-state index contributed by atoms with van der Waals surface area (Å²) in [7, 11) is 0. The normalized spacial score (nSPS) is 25.9. The number of hydroxylamine groups is 1. The van der Waals surface area contributed by atoms with Crippen molar-refractivity contribution in [3.63, 3.8) is 0 Å². The van der Waals surface area contributed by atoms with E-state index in [1.807, 2.05) is 38.1 Å². The molecule has 6 heteroatoms. The van der Waals surface area contributed by atoms with Crippen LogP contribution < -0.4 is 5.48 Å². The summed E-state index contributed by atoms with van der Waals surface area (Å²) in [5.74, 6) is -1.01. The SMILES string of the molecule is Cc1ccc(C(O)C=CC2CC3=C(NOCC(=O)O)C[C@H]3C2O)c(C)c1. The van der Waals surface area contributed by atoms with Crippen LogP contribution in [0.2, 0.25) is 0 Å². The van der Waals surface area contributed by atoms with Crippen LogP contribution in [-0.2, 0) is 9.63 Å². The minimum atomic E-state index is -1.04. The summed E-state index contributed by atoms with van der Waals surface area (Å²) in [4.78, 5) is 15.4. The first-order chi connectivity index (χ1) is 12.4. The van der Waals surface area contributed by atoms with Crippen LogP contribution in [0.15, 0.2) is 41.6 Å². The van der Waals surface area contributed by atoms with Crippen LogP contribution in [0.5, 0.6) is 0 Å². The fourth-order valence-corrected chi connectivity index (χ4v) is 3.82. The van der Waals surface area contributed by atoms with Gasteiger partial charge in [0.25, 0.3) is 0 Å². The molecule has 6 nitrogen and oxygen atoms in total. The summed E-state index contributed by atoms with van der Waals surface area (Å²) >= 11 is 0. The van der Waals surface area contributed by atoms with E-state index >= 15 is 0 Å². The van der Waals surface area contributed by atoms with Gasteiger partial charge in [0.1, 0.15) is 0 Å². The number of hydrogen-bond donors (Lipinski definition) is 4. The van der Waals surface area contributed by atoms with E-state index in [0.717, 1.165) is 28.0 Å². The molecule has 1 aromatic rings. The number of aliphatic hydroxyl groups excluding tert-OH is 2. The molecule has 1 aromatic carbocycles. The van der Waals surface area contributed by atoms with Crippen molar-refractivity contribution >= 4 is 5.97 Å². The summed E-state index contributed by atoms with van der Waals surface area (Å²) < 4.78 is 0. The Hall–Kier alpha value is -2.15. The second-order valence-electron chi connectivity index (χ2n) is 7.15. The molecule has 26 heavy (non-hydrogen) atoms. The number of rotatable bonds is 7. The van der Waals surface area contributed by atoms with Gasteiger partial charge in [-0.05, 0) is 43.4 Å². The molecule has 0 aromatic heterocycles. The number of benzene rings is 1. The van der Waals surface area contributed by atoms with Crippen molar-refractivity contribution in [2.75, 3.05) is 6.61 Å². The molecule has 0 amide bonds. The van der Waals surface area contributed by atoms with Gasteiger partial charge in [0, 0.05) is 17.5 Å². The topological polar surface area (TPSA) is 99.0 Å². The number of nitrogens with one attached hydrogen (secondary N) is 1. The van der Waals surface area contributed by atoms with Gasteiger partial charge in [-0.15, -0.1) is 0 Å². The third kappa shape index (κ3) is 3.82. The largest absolute Gasteiger partial charge is 0.479 e. The molecular weight excluding hydrogens is 334 g/mol. The highest BCUT2D eigenvalue weighted by molar-refractivity contribution is 5.67. The summed E-state index contributed by atoms with van der Waals surface area (Å²) in [6, 6.07) is 5.94. The molecule has 140 valence electrons. The molecule has 1 saturated carbocycles. The molecule has 4 N–H and O–H groups in total. The summed E-state index contributed by atoms with van der Waals surface area (Å²) in [6.45, 7) is 3.59. The van der Waals surface area contributed by atoms with Crippen molar-refractivity contribution in [2.45, 2.75) is 38.9 Å². The van der Waals surface area contributed by atoms with Gasteiger partial charge in [-0.25, -0.2) is 4.79 Å². The minimum Gasteiger partial charge on any atom is -0.479 e. The van der Waals surface area contributed by atoms with E-state index in [2.05, 4.69) is 5.48 Å². The second-order valence-corrected chi connectivity index (χ2v) is 7.15. The van der Waals surface area contributed by atoms with Crippen molar-refractivity contribution in [2.24, 2.45) is 11.8 Å². The Bertz CT molecular complexity index is 755. The van der Waals surface area contributed by atoms with Crippen molar-refractivity contribution < 1.29 is 25.0 Å². The number of aliphatic carboxylic acids is 1. The van der Waals surface area contributed by atoms with E-state index in [9.17, 15) is 15.0 Å². The van der Waals surface area contributed by atoms with Crippen LogP contribution in [0.25, 0.3) is 0 Å². The lowest BCUT2D eigenvalue weighted by Gasteiger charge is -2.30. The quantitative estimate of drug-likeness (QED) is 0.440. The lowest BCUT2D eigenvalue weighted by molar-refractivity contribution is -0.144. The van der Waals surface area contributed by atoms with Crippen LogP contribution in [0.1, 0.15) is 35.6 Å². The highest BCUT2D eigenvalue weighted by Gasteiger charge is 2.45. The van der Waals surface area contributed by atoms with E-state index in [0.29, 0.717) is 12.8 Å². The van der Waals surface area contributed by atoms with E-state index in [4.69, 9.17) is 9.94 Å². The first kappa shape index (κ1) is 18.6. The first-order valence-corrected chi connectivity index (χ1v) is 8.80. The van der Waals surface area contributed by atoms with E-state index in [-0.39, 0.29) is 11.8 Å². The molecule has 0 spiro atoms. The molecule has 3 rings (SSSR count). The van der Waals surface area contributed by atoms with Crippen molar-refractivity contribution in [1.29, 1.82) is 0 Å². The Kier molecular flexibility index (Phi) is 5.46. The van der Waals surface area contributed by atoms with Gasteiger partial charge in [0.15, 0.2) is 6.61 Å². The predicted molar refractivity (Wildman–Crippen MR) is 96.0 cm³/mol. The second kappa shape index (κ2) is 7.61. The molecule has 4 atom stereocenters. The van der Waals surface area contributed by atoms with E-state index in [1.165, 1.54) is 0 Å². The van der Waals surface area contributed by atoms with Crippen LogP contribution in [0, 0.1) is 25.7 Å². The molecule has 0 bridgehead atoms. The minimum absolute atomic E-state index is 0.0609. The molecule has 2 aliphatic rings. The molecule has 3 unspecified atom stereocenters. The number of allylic oxidation sites excluding steroid dienone is 1. The monoisotopic (exact) mass is 359 g/mol. The molecule has 1 fully saturated rings. The van der Waals surface area contributed by atoms with Gasteiger partial charge >= 0.3 is 5.97 Å². The van der Waals surface area contributed by atoms with Gasteiger partial charge in [0.05, 0.1) is 12.2 Å². The van der Waals surface area contributed by atoms with Gasteiger partial charge in [0.2, 0.25) is 0 Å². The molecular formula is C20H25NO5. The van der Waals surface area contributed by atoms with E-state index in [1.54, 1.807) is 6.08 Å². The summed E-state index contributed by atoms with van der Waals surface area (Å²) in [6.07, 6.45) is 3.77. The smallest absolute Gasteiger partial charge is 0.332 e. The number of aliphatic hydroxyl groups is 2. The number of hydrogen-bond acceptors (Lipinski definition) is 5. The Labute approximate surface area is 152 Å². The third-order valence-corrected chi connectivity index (χ3v) is 5.24. The molecule has 0 saturated heterocycles. The average Bonchev–Trinajstić information content (AvgIpc) is 2.80. The fraction of sp³-hybridized carbons (Fsp3) is 0.450. The predicted octanol–water partition coefficient (Wildman–Crippen LogP) is 2.15. The van der Waals surface area contributed by atoms with Gasteiger partial charge in [-0.1, -0.05) is 35.9 Å². The van der Waals surface area contributed by atoms with Crippen molar-refractivity contribution in [3.8, 4) is 0 Å². The number of carboxylic acid groups (broad SMARTS) is 1.